The first-order valence-electron chi connectivity index (χ1n) is 3.24. The molecule has 0 saturated heterocycles. The lowest BCUT2D eigenvalue weighted by atomic mass is 10.2. The number of benzene rings is 1. The van der Waals surface area contributed by atoms with E-state index in [9.17, 15) is 0 Å². The van der Waals surface area contributed by atoms with E-state index in [1.165, 1.54) is 0 Å². The third-order valence-corrected chi connectivity index (χ3v) is 1.23. The minimum Gasteiger partial charge on any atom is -0.479 e. The zero-order chi connectivity index (χ0) is 8.10. The Morgan fingerprint density at radius 1 is 1.36 bits per heavy atom. The van der Waals surface area contributed by atoms with Gasteiger partial charge in [0, 0.05) is 0 Å². The maximum atomic E-state index is 8.19. The summed E-state index contributed by atoms with van der Waals surface area (Å²) < 4.78 is 5.02. The highest BCUT2D eigenvalue weighted by atomic mass is 16.5. The molecule has 2 heteroatoms. The van der Waals surface area contributed by atoms with E-state index in [4.69, 9.17) is 10.00 Å². The summed E-state index contributed by atoms with van der Waals surface area (Å²) in [4.78, 5) is 0. The molecule has 0 spiro atoms. The lowest BCUT2D eigenvalue weighted by Crippen LogP contribution is -1.92. The Kier molecular flexibility index (Phi) is 2.51. The summed E-state index contributed by atoms with van der Waals surface area (Å²) >= 11 is 0. The van der Waals surface area contributed by atoms with Gasteiger partial charge in [0.25, 0.3) is 0 Å². The van der Waals surface area contributed by atoms with Crippen molar-refractivity contribution < 1.29 is 4.74 Å². The van der Waals surface area contributed by atoms with Crippen LogP contribution >= 0.6 is 0 Å². The van der Waals surface area contributed by atoms with Gasteiger partial charge in [-0.3, -0.25) is 0 Å². The Morgan fingerprint density at radius 2 is 2.00 bits per heavy atom. The smallest absolute Gasteiger partial charge is 0.174 e. The predicted octanol–water partition coefficient (Wildman–Crippen LogP) is 1.77. The van der Waals surface area contributed by atoms with E-state index in [-0.39, 0.29) is 6.61 Å². The van der Waals surface area contributed by atoms with E-state index in [0.29, 0.717) is 5.75 Å². The Labute approximate surface area is 66.0 Å². The molecular formula is C9H8NO. The monoisotopic (exact) mass is 146 g/mol. The van der Waals surface area contributed by atoms with E-state index in [1.54, 1.807) is 12.1 Å². The second-order valence-corrected chi connectivity index (χ2v) is 2.09. The maximum Gasteiger partial charge on any atom is 0.174 e. The van der Waals surface area contributed by atoms with Crippen molar-refractivity contribution in [2.24, 2.45) is 0 Å². The molecule has 55 valence electrons. The summed E-state index contributed by atoms with van der Waals surface area (Å²) in [5.74, 6) is 0.707. The zero-order valence-corrected chi connectivity index (χ0v) is 6.08. The second kappa shape index (κ2) is 3.62. The van der Waals surface area contributed by atoms with E-state index in [0.717, 1.165) is 5.56 Å². The zero-order valence-electron chi connectivity index (χ0n) is 6.08. The highest BCUT2D eigenvalue weighted by Gasteiger charge is 1.89. The van der Waals surface area contributed by atoms with Gasteiger partial charge >= 0.3 is 0 Å². The molecule has 0 aromatic heterocycles. The molecule has 0 aliphatic carbocycles. The van der Waals surface area contributed by atoms with Crippen LogP contribution < -0.4 is 4.74 Å². The van der Waals surface area contributed by atoms with Crippen molar-refractivity contribution in [3.05, 3.63) is 36.8 Å². The maximum absolute atomic E-state index is 8.19. The molecule has 1 radical (unpaired) electrons. The van der Waals surface area contributed by atoms with Crippen LogP contribution in [-0.4, -0.2) is 6.61 Å². The van der Waals surface area contributed by atoms with Crippen LogP contribution in [0.4, 0.5) is 0 Å². The van der Waals surface area contributed by atoms with Gasteiger partial charge in [-0.15, -0.1) is 0 Å². The van der Waals surface area contributed by atoms with Crippen LogP contribution in [-0.2, 0) is 0 Å². The lowest BCUT2D eigenvalue weighted by molar-refractivity contribution is 0.368. The quantitative estimate of drug-likeness (QED) is 0.637. The number of ether oxygens (including phenoxy) is 1. The first-order chi connectivity index (χ1) is 5.33. The molecule has 1 aromatic rings. The first kappa shape index (κ1) is 7.62. The molecule has 0 N–H and O–H groups in total. The Bertz CT molecular complexity index is 258. The summed E-state index contributed by atoms with van der Waals surface area (Å²) in [7, 11) is 0. The van der Waals surface area contributed by atoms with Crippen LogP contribution in [0.15, 0.2) is 24.3 Å². The molecular weight excluding hydrogens is 138 g/mol. The van der Waals surface area contributed by atoms with Crippen molar-refractivity contribution in [2.45, 2.75) is 0 Å². The van der Waals surface area contributed by atoms with Gasteiger partial charge < -0.3 is 4.74 Å². The molecule has 0 fully saturated rings. The highest BCUT2D eigenvalue weighted by Crippen LogP contribution is 2.10. The van der Waals surface area contributed by atoms with Gasteiger partial charge in [0.15, 0.2) is 6.61 Å². The van der Waals surface area contributed by atoms with E-state index in [2.05, 4.69) is 6.92 Å². The third-order valence-electron chi connectivity index (χ3n) is 1.23. The SMILES string of the molecule is [CH2]c1ccc(OCC#N)cc1. The van der Waals surface area contributed by atoms with Crippen molar-refractivity contribution in [1.29, 1.82) is 5.26 Å². The lowest BCUT2D eigenvalue weighted by Gasteiger charge is -1.99. The third kappa shape index (κ3) is 2.30. The fourth-order valence-electron chi connectivity index (χ4n) is 0.701. The predicted molar refractivity (Wildman–Crippen MR) is 42.0 cm³/mol. The number of hydrogen-bond acceptors (Lipinski definition) is 2. The average Bonchev–Trinajstić information content (AvgIpc) is 2.04. The molecule has 11 heavy (non-hydrogen) atoms. The normalized spacial score (nSPS) is 8.73. The average molecular weight is 146 g/mol. The van der Waals surface area contributed by atoms with Crippen LogP contribution in [0, 0.1) is 18.3 Å². The summed E-state index contributed by atoms with van der Waals surface area (Å²) in [6, 6.07) is 9.16. The molecule has 0 bridgehead atoms. The van der Waals surface area contributed by atoms with E-state index >= 15 is 0 Å². The van der Waals surface area contributed by atoms with E-state index < -0.39 is 0 Å². The van der Waals surface area contributed by atoms with Crippen LogP contribution in [0.1, 0.15) is 5.56 Å². The van der Waals surface area contributed by atoms with Gasteiger partial charge in [0.05, 0.1) is 0 Å². The summed E-state index contributed by atoms with van der Waals surface area (Å²) in [6.07, 6.45) is 0. The van der Waals surface area contributed by atoms with Gasteiger partial charge in [-0.2, -0.15) is 5.26 Å². The Balaban J connectivity index is 2.60. The molecule has 0 aliphatic heterocycles. The Hall–Kier alpha value is -1.49. The van der Waals surface area contributed by atoms with Crippen LogP contribution in [0.2, 0.25) is 0 Å². The van der Waals surface area contributed by atoms with Crippen molar-refractivity contribution in [3.63, 3.8) is 0 Å². The molecule has 0 heterocycles. The van der Waals surface area contributed by atoms with Crippen LogP contribution in [0.5, 0.6) is 5.75 Å². The van der Waals surface area contributed by atoms with Crippen LogP contribution in [0.25, 0.3) is 0 Å². The molecule has 2 nitrogen and oxygen atoms in total. The topological polar surface area (TPSA) is 33.0 Å². The van der Waals surface area contributed by atoms with Crippen LogP contribution in [0.3, 0.4) is 0 Å². The largest absolute Gasteiger partial charge is 0.479 e. The van der Waals surface area contributed by atoms with Gasteiger partial charge in [-0.05, 0) is 24.6 Å². The van der Waals surface area contributed by atoms with Gasteiger partial charge in [0.2, 0.25) is 0 Å². The fraction of sp³-hybridized carbons (Fsp3) is 0.111. The highest BCUT2D eigenvalue weighted by molar-refractivity contribution is 5.28. The summed E-state index contributed by atoms with van der Waals surface area (Å²) in [5, 5.41) is 8.19. The van der Waals surface area contributed by atoms with Crippen molar-refractivity contribution in [1.82, 2.24) is 0 Å². The van der Waals surface area contributed by atoms with Crippen molar-refractivity contribution >= 4 is 0 Å². The van der Waals surface area contributed by atoms with Gasteiger partial charge in [0.1, 0.15) is 11.8 Å². The fourth-order valence-corrected chi connectivity index (χ4v) is 0.701. The molecule has 0 saturated carbocycles. The van der Waals surface area contributed by atoms with Crippen molar-refractivity contribution in [3.8, 4) is 11.8 Å². The van der Waals surface area contributed by atoms with Gasteiger partial charge in [-0.25, -0.2) is 0 Å². The molecule has 1 aromatic carbocycles. The molecule has 0 atom stereocenters. The standard InChI is InChI=1S/C9H8NO/c1-8-2-4-9(5-3-8)11-7-6-10/h2-5H,1,7H2. The number of nitrogens with zero attached hydrogens (tertiary/aromatic N) is 1. The molecule has 1 rings (SSSR count). The molecule has 0 aliphatic rings. The number of rotatable bonds is 2. The number of nitriles is 1. The minimum absolute atomic E-state index is 0.0937. The minimum atomic E-state index is 0.0937. The Morgan fingerprint density at radius 3 is 2.55 bits per heavy atom. The summed E-state index contributed by atoms with van der Waals surface area (Å²) in [6.45, 7) is 3.82. The molecule has 0 unspecified atom stereocenters. The number of hydrogen-bond donors (Lipinski definition) is 0. The van der Waals surface area contributed by atoms with Crippen molar-refractivity contribution in [2.75, 3.05) is 6.61 Å². The second-order valence-electron chi connectivity index (χ2n) is 2.09. The van der Waals surface area contributed by atoms with E-state index in [1.807, 2.05) is 18.2 Å². The summed E-state index contributed by atoms with van der Waals surface area (Å²) in [5.41, 5.74) is 0.939. The molecule has 0 amide bonds. The first-order valence-corrected chi connectivity index (χ1v) is 3.24. The van der Waals surface area contributed by atoms with Gasteiger partial charge in [-0.1, -0.05) is 12.1 Å².